The number of nitrogens with one attached hydrogen (secondary N) is 2. The molecule has 6 heteroatoms. The minimum Gasteiger partial charge on any atom is -0.378 e. The fourth-order valence-corrected chi connectivity index (χ4v) is 2.77. The van der Waals surface area contributed by atoms with Gasteiger partial charge in [0.1, 0.15) is 5.69 Å². The molecule has 0 saturated carbocycles. The standard InChI is InChI=1S/C22H25N5O/c1-14-6-7-15(2)19(12-14)25-21(28)20-13-16(3)23-22(26-20)24-17-8-10-18(11-9-17)27(4)5/h6-13H,1-5H3,(H,25,28)(H,23,24,26). The van der Waals surface area contributed by atoms with Crippen molar-refractivity contribution < 1.29 is 4.79 Å². The number of amides is 1. The molecule has 6 nitrogen and oxygen atoms in total. The zero-order valence-electron chi connectivity index (χ0n) is 16.9. The van der Waals surface area contributed by atoms with Gasteiger partial charge >= 0.3 is 0 Å². The molecular formula is C22H25N5O. The maximum absolute atomic E-state index is 12.7. The van der Waals surface area contributed by atoms with Gasteiger partial charge in [0.05, 0.1) is 0 Å². The van der Waals surface area contributed by atoms with Crippen LogP contribution in [0.5, 0.6) is 0 Å². The van der Waals surface area contributed by atoms with Gasteiger partial charge in [-0.2, -0.15) is 0 Å². The third-order valence-electron chi connectivity index (χ3n) is 4.37. The average molecular weight is 375 g/mol. The largest absolute Gasteiger partial charge is 0.378 e. The van der Waals surface area contributed by atoms with Gasteiger partial charge in [0.2, 0.25) is 5.95 Å². The van der Waals surface area contributed by atoms with Crippen LogP contribution < -0.4 is 15.5 Å². The van der Waals surface area contributed by atoms with Gasteiger partial charge in [-0.1, -0.05) is 12.1 Å². The van der Waals surface area contributed by atoms with Crippen LogP contribution in [0.15, 0.2) is 48.5 Å². The summed E-state index contributed by atoms with van der Waals surface area (Å²) in [5.74, 6) is 0.133. The SMILES string of the molecule is Cc1ccc(C)c(NC(=O)c2cc(C)nc(Nc3ccc(N(C)C)cc3)n2)c1. The summed E-state index contributed by atoms with van der Waals surface area (Å²) in [5, 5.41) is 6.11. The lowest BCUT2D eigenvalue weighted by atomic mass is 10.1. The number of aryl methyl sites for hydroxylation is 3. The van der Waals surface area contributed by atoms with Gasteiger partial charge in [0, 0.05) is 36.9 Å². The molecule has 0 fully saturated rings. The van der Waals surface area contributed by atoms with Crippen LogP contribution in [0.4, 0.5) is 23.0 Å². The summed E-state index contributed by atoms with van der Waals surface area (Å²) in [5.41, 5.74) is 5.87. The van der Waals surface area contributed by atoms with E-state index in [9.17, 15) is 4.79 Å². The molecule has 28 heavy (non-hydrogen) atoms. The first-order valence-corrected chi connectivity index (χ1v) is 9.10. The molecule has 0 aliphatic carbocycles. The number of anilines is 4. The Morgan fingerprint density at radius 2 is 1.64 bits per heavy atom. The van der Waals surface area contributed by atoms with E-state index in [0.29, 0.717) is 17.3 Å². The number of carbonyl (C=O) groups is 1. The molecule has 0 atom stereocenters. The molecule has 2 N–H and O–H groups in total. The van der Waals surface area contributed by atoms with E-state index in [4.69, 9.17) is 0 Å². The van der Waals surface area contributed by atoms with E-state index >= 15 is 0 Å². The summed E-state index contributed by atoms with van der Waals surface area (Å²) in [4.78, 5) is 23.5. The number of rotatable bonds is 5. The van der Waals surface area contributed by atoms with E-state index < -0.39 is 0 Å². The van der Waals surface area contributed by atoms with Crippen LogP contribution in [-0.2, 0) is 0 Å². The number of nitrogens with zero attached hydrogens (tertiary/aromatic N) is 3. The van der Waals surface area contributed by atoms with Gasteiger partial charge in [0.25, 0.3) is 5.91 Å². The Bertz CT molecular complexity index is 996. The highest BCUT2D eigenvalue weighted by atomic mass is 16.1. The molecule has 1 amide bonds. The van der Waals surface area contributed by atoms with Gasteiger partial charge in [-0.3, -0.25) is 4.79 Å². The number of aromatic nitrogens is 2. The van der Waals surface area contributed by atoms with E-state index in [-0.39, 0.29) is 5.91 Å². The Hall–Kier alpha value is -3.41. The molecule has 0 saturated heterocycles. The van der Waals surface area contributed by atoms with Crippen molar-refractivity contribution in [2.45, 2.75) is 20.8 Å². The van der Waals surface area contributed by atoms with Gasteiger partial charge in [-0.25, -0.2) is 9.97 Å². The minimum atomic E-state index is -0.259. The van der Waals surface area contributed by atoms with Crippen LogP contribution >= 0.6 is 0 Å². The summed E-state index contributed by atoms with van der Waals surface area (Å²) >= 11 is 0. The van der Waals surface area contributed by atoms with Crippen molar-refractivity contribution in [3.8, 4) is 0 Å². The van der Waals surface area contributed by atoms with Crippen LogP contribution in [0.2, 0.25) is 0 Å². The molecule has 3 aromatic rings. The van der Waals surface area contributed by atoms with Crippen LogP contribution in [0, 0.1) is 20.8 Å². The Morgan fingerprint density at radius 1 is 0.929 bits per heavy atom. The Morgan fingerprint density at radius 3 is 2.32 bits per heavy atom. The first-order valence-electron chi connectivity index (χ1n) is 9.10. The van der Waals surface area contributed by atoms with E-state index in [2.05, 4.69) is 20.6 Å². The van der Waals surface area contributed by atoms with Crippen LogP contribution in [-0.4, -0.2) is 30.0 Å². The molecule has 0 aliphatic rings. The summed E-state index contributed by atoms with van der Waals surface area (Å²) < 4.78 is 0. The third kappa shape index (κ3) is 4.65. The van der Waals surface area contributed by atoms with E-state index in [1.165, 1.54) is 0 Å². The highest BCUT2D eigenvalue weighted by Crippen LogP contribution is 2.20. The molecule has 0 radical (unpaired) electrons. The lowest BCUT2D eigenvalue weighted by Crippen LogP contribution is -2.16. The fraction of sp³-hybridized carbons (Fsp3) is 0.227. The molecule has 0 aliphatic heterocycles. The van der Waals surface area contributed by atoms with Gasteiger partial charge in [0.15, 0.2) is 0 Å². The maximum atomic E-state index is 12.7. The lowest BCUT2D eigenvalue weighted by Gasteiger charge is -2.13. The predicted octanol–water partition coefficient (Wildman–Crippen LogP) is 4.46. The summed E-state index contributed by atoms with van der Waals surface area (Å²) in [7, 11) is 3.99. The quantitative estimate of drug-likeness (QED) is 0.689. The Balaban J connectivity index is 1.80. The van der Waals surface area contributed by atoms with Crippen molar-refractivity contribution in [2.24, 2.45) is 0 Å². The molecule has 0 spiro atoms. The third-order valence-corrected chi connectivity index (χ3v) is 4.37. The summed E-state index contributed by atoms with van der Waals surface area (Å²) in [6, 6.07) is 15.6. The summed E-state index contributed by atoms with van der Waals surface area (Å²) in [6.07, 6.45) is 0. The molecule has 144 valence electrons. The number of benzene rings is 2. The van der Waals surface area contributed by atoms with Gasteiger partial charge in [-0.15, -0.1) is 0 Å². The second kappa shape index (κ2) is 8.08. The van der Waals surface area contributed by atoms with Crippen molar-refractivity contribution in [2.75, 3.05) is 29.6 Å². The molecular weight excluding hydrogens is 350 g/mol. The van der Waals surface area contributed by atoms with Crippen molar-refractivity contribution in [1.29, 1.82) is 0 Å². The number of hydrogen-bond acceptors (Lipinski definition) is 5. The second-order valence-electron chi connectivity index (χ2n) is 7.06. The second-order valence-corrected chi connectivity index (χ2v) is 7.06. The molecule has 3 rings (SSSR count). The highest BCUT2D eigenvalue weighted by molar-refractivity contribution is 6.03. The first kappa shape index (κ1) is 19.4. The van der Waals surface area contributed by atoms with Crippen molar-refractivity contribution in [3.63, 3.8) is 0 Å². The monoisotopic (exact) mass is 375 g/mol. The van der Waals surface area contributed by atoms with Gasteiger partial charge < -0.3 is 15.5 Å². The van der Waals surface area contributed by atoms with Crippen molar-refractivity contribution >= 4 is 28.9 Å². The molecule has 0 unspecified atom stereocenters. The fourth-order valence-electron chi connectivity index (χ4n) is 2.77. The molecule has 2 aromatic carbocycles. The van der Waals surface area contributed by atoms with Crippen LogP contribution in [0.3, 0.4) is 0 Å². The molecule has 0 bridgehead atoms. The summed E-state index contributed by atoms with van der Waals surface area (Å²) in [6.45, 7) is 5.80. The van der Waals surface area contributed by atoms with Crippen LogP contribution in [0.1, 0.15) is 27.3 Å². The average Bonchev–Trinajstić information content (AvgIpc) is 2.64. The Labute approximate surface area is 165 Å². The smallest absolute Gasteiger partial charge is 0.274 e. The van der Waals surface area contributed by atoms with E-state index in [1.54, 1.807) is 6.07 Å². The lowest BCUT2D eigenvalue weighted by molar-refractivity contribution is 0.102. The zero-order valence-corrected chi connectivity index (χ0v) is 16.9. The van der Waals surface area contributed by atoms with Crippen molar-refractivity contribution in [3.05, 3.63) is 71.0 Å². The zero-order chi connectivity index (χ0) is 20.3. The topological polar surface area (TPSA) is 70.2 Å². The number of carbonyl (C=O) groups excluding carboxylic acids is 1. The predicted molar refractivity (Wildman–Crippen MR) is 115 cm³/mol. The van der Waals surface area contributed by atoms with Crippen LogP contribution in [0.25, 0.3) is 0 Å². The van der Waals surface area contributed by atoms with E-state index in [1.807, 2.05) is 82.2 Å². The highest BCUT2D eigenvalue weighted by Gasteiger charge is 2.12. The molecule has 1 heterocycles. The first-order chi connectivity index (χ1) is 13.3. The molecule has 1 aromatic heterocycles. The van der Waals surface area contributed by atoms with Gasteiger partial charge in [-0.05, 0) is 68.3 Å². The van der Waals surface area contributed by atoms with Crippen molar-refractivity contribution in [1.82, 2.24) is 9.97 Å². The minimum absolute atomic E-state index is 0.259. The number of hydrogen-bond donors (Lipinski definition) is 2. The normalized spacial score (nSPS) is 10.5. The maximum Gasteiger partial charge on any atom is 0.274 e. The van der Waals surface area contributed by atoms with E-state index in [0.717, 1.165) is 28.2 Å². The Kier molecular flexibility index (Phi) is 5.59.